The van der Waals surface area contributed by atoms with Gasteiger partial charge in [0, 0.05) is 30.9 Å². The zero-order valence-electron chi connectivity index (χ0n) is 14.2. The normalized spacial score (nSPS) is 15.5. The van der Waals surface area contributed by atoms with Gasteiger partial charge < -0.3 is 10.2 Å². The number of rotatable bonds is 5. The Bertz CT molecular complexity index is 688. The zero-order valence-corrected chi connectivity index (χ0v) is 15.0. The van der Waals surface area contributed by atoms with Crippen molar-refractivity contribution in [3.8, 4) is 0 Å². The summed E-state index contributed by atoms with van der Waals surface area (Å²) in [4.78, 5) is 14.7. The highest BCUT2D eigenvalue weighted by Gasteiger charge is 2.33. The molecule has 1 fully saturated rings. The summed E-state index contributed by atoms with van der Waals surface area (Å²) in [6, 6.07) is 2.46. The third-order valence-corrected chi connectivity index (χ3v) is 5.25. The predicted octanol–water partition coefficient (Wildman–Crippen LogP) is 3.53. The van der Waals surface area contributed by atoms with Gasteiger partial charge in [0.2, 0.25) is 0 Å². The third-order valence-electron chi connectivity index (χ3n) is 4.52. The van der Waals surface area contributed by atoms with Gasteiger partial charge in [0.05, 0.1) is 11.7 Å². The van der Waals surface area contributed by atoms with E-state index in [2.05, 4.69) is 27.2 Å². The molecule has 1 saturated carbocycles. The van der Waals surface area contributed by atoms with Crippen molar-refractivity contribution in [2.45, 2.75) is 52.2 Å². The first-order chi connectivity index (χ1) is 11.0. The van der Waals surface area contributed by atoms with E-state index in [1.165, 1.54) is 5.56 Å². The van der Waals surface area contributed by atoms with Crippen LogP contribution < -0.4 is 5.32 Å². The summed E-state index contributed by atoms with van der Waals surface area (Å²) in [5, 5.41) is 11.8. The Hall–Kier alpha value is -1.82. The second-order valence-electron chi connectivity index (χ2n) is 6.37. The molecule has 2 heterocycles. The molecule has 6 heteroatoms. The standard InChI is InChI=1S/C17H24N4OS/c1-11(16-12(2)19-20(4)13(16)3)18-17(22)21(15-5-6-15)9-14-7-8-23-10-14/h7-8,10-11,15H,5-6,9H2,1-4H3,(H,18,22)/t11-/m0/s1. The van der Waals surface area contributed by atoms with E-state index < -0.39 is 0 Å². The van der Waals surface area contributed by atoms with Gasteiger partial charge in [0.1, 0.15) is 0 Å². The first kappa shape index (κ1) is 16.1. The number of amides is 2. The fraction of sp³-hybridized carbons (Fsp3) is 0.529. The van der Waals surface area contributed by atoms with E-state index in [4.69, 9.17) is 0 Å². The molecule has 1 aliphatic carbocycles. The first-order valence-corrected chi connectivity index (χ1v) is 9.00. The number of carbonyl (C=O) groups excluding carboxylic acids is 1. The molecule has 0 aromatic carbocycles. The average molecular weight is 332 g/mol. The largest absolute Gasteiger partial charge is 0.331 e. The van der Waals surface area contributed by atoms with Crippen molar-refractivity contribution < 1.29 is 4.79 Å². The van der Waals surface area contributed by atoms with E-state index in [0.717, 1.165) is 29.8 Å². The quantitative estimate of drug-likeness (QED) is 0.910. The molecular weight excluding hydrogens is 308 g/mol. The minimum atomic E-state index is -0.0417. The lowest BCUT2D eigenvalue weighted by Gasteiger charge is -2.25. The van der Waals surface area contributed by atoms with Crippen molar-refractivity contribution in [2.75, 3.05) is 0 Å². The number of hydrogen-bond acceptors (Lipinski definition) is 3. The zero-order chi connectivity index (χ0) is 16.6. The van der Waals surface area contributed by atoms with Crippen LogP contribution >= 0.6 is 11.3 Å². The van der Waals surface area contributed by atoms with Crippen molar-refractivity contribution in [3.63, 3.8) is 0 Å². The van der Waals surface area contributed by atoms with Crippen LogP contribution in [0.3, 0.4) is 0 Å². The van der Waals surface area contributed by atoms with Crippen LogP contribution in [0.15, 0.2) is 16.8 Å². The van der Waals surface area contributed by atoms with E-state index in [1.54, 1.807) is 11.3 Å². The lowest BCUT2D eigenvalue weighted by molar-refractivity contribution is 0.188. The lowest BCUT2D eigenvalue weighted by Crippen LogP contribution is -2.42. The third kappa shape index (κ3) is 3.42. The monoisotopic (exact) mass is 332 g/mol. The number of nitrogens with zero attached hydrogens (tertiary/aromatic N) is 3. The summed E-state index contributed by atoms with van der Waals surface area (Å²) in [6.45, 7) is 6.76. The Labute approximate surface area is 141 Å². The molecule has 124 valence electrons. The van der Waals surface area contributed by atoms with Gasteiger partial charge in [-0.25, -0.2) is 4.79 Å². The summed E-state index contributed by atoms with van der Waals surface area (Å²) in [7, 11) is 1.94. The summed E-state index contributed by atoms with van der Waals surface area (Å²) in [5.41, 5.74) is 4.41. The summed E-state index contributed by atoms with van der Waals surface area (Å²) < 4.78 is 1.87. The Morgan fingerprint density at radius 3 is 2.78 bits per heavy atom. The van der Waals surface area contributed by atoms with Gasteiger partial charge in [0.15, 0.2) is 0 Å². The number of hydrogen-bond donors (Lipinski definition) is 1. The maximum atomic E-state index is 12.8. The molecule has 5 nitrogen and oxygen atoms in total. The first-order valence-electron chi connectivity index (χ1n) is 8.05. The molecule has 2 aromatic rings. The van der Waals surface area contributed by atoms with Crippen molar-refractivity contribution in [1.82, 2.24) is 20.0 Å². The van der Waals surface area contributed by atoms with Crippen molar-refractivity contribution in [2.24, 2.45) is 7.05 Å². The number of aromatic nitrogens is 2. The lowest BCUT2D eigenvalue weighted by atomic mass is 10.1. The molecular formula is C17H24N4OS. The van der Waals surface area contributed by atoms with Crippen LogP contribution in [0.4, 0.5) is 4.79 Å². The van der Waals surface area contributed by atoms with Crippen LogP contribution in [0.5, 0.6) is 0 Å². The molecule has 2 amide bonds. The van der Waals surface area contributed by atoms with Crippen LogP contribution in [-0.2, 0) is 13.6 Å². The molecule has 0 bridgehead atoms. The Kier molecular flexibility index (Phi) is 4.43. The molecule has 2 aromatic heterocycles. The van der Waals surface area contributed by atoms with Gasteiger partial charge in [-0.15, -0.1) is 0 Å². The maximum Gasteiger partial charge on any atom is 0.318 e. The second kappa shape index (κ2) is 6.35. The van der Waals surface area contributed by atoms with Gasteiger partial charge >= 0.3 is 6.03 Å². The number of nitrogens with one attached hydrogen (secondary N) is 1. The van der Waals surface area contributed by atoms with Gasteiger partial charge in [-0.05, 0) is 56.0 Å². The Morgan fingerprint density at radius 2 is 2.26 bits per heavy atom. The fourth-order valence-corrected chi connectivity index (χ4v) is 3.75. The van der Waals surface area contributed by atoms with Crippen LogP contribution in [0, 0.1) is 13.8 Å². The highest BCUT2D eigenvalue weighted by Crippen LogP contribution is 2.29. The summed E-state index contributed by atoms with van der Waals surface area (Å²) in [6.07, 6.45) is 2.22. The molecule has 3 rings (SSSR count). The number of aryl methyl sites for hydroxylation is 2. The van der Waals surface area contributed by atoms with E-state index in [-0.39, 0.29) is 12.1 Å². The van der Waals surface area contributed by atoms with Gasteiger partial charge in [-0.1, -0.05) is 0 Å². The minimum absolute atomic E-state index is 0.0221. The predicted molar refractivity (Wildman–Crippen MR) is 92.5 cm³/mol. The second-order valence-corrected chi connectivity index (χ2v) is 7.15. The molecule has 0 spiro atoms. The highest BCUT2D eigenvalue weighted by atomic mass is 32.1. The van der Waals surface area contributed by atoms with E-state index >= 15 is 0 Å². The molecule has 23 heavy (non-hydrogen) atoms. The van der Waals surface area contributed by atoms with Crippen LogP contribution in [-0.4, -0.2) is 26.8 Å². The van der Waals surface area contributed by atoms with Gasteiger partial charge in [0.25, 0.3) is 0 Å². The van der Waals surface area contributed by atoms with Gasteiger partial charge in [-0.2, -0.15) is 16.4 Å². The van der Waals surface area contributed by atoms with E-state index in [0.29, 0.717) is 12.6 Å². The topological polar surface area (TPSA) is 50.2 Å². The summed E-state index contributed by atoms with van der Waals surface area (Å²) in [5.74, 6) is 0. The molecule has 0 radical (unpaired) electrons. The van der Waals surface area contributed by atoms with Crippen molar-refractivity contribution in [1.29, 1.82) is 0 Å². The molecule has 0 saturated heterocycles. The van der Waals surface area contributed by atoms with Crippen LogP contribution in [0.1, 0.15) is 48.3 Å². The molecule has 1 N–H and O–H groups in total. The minimum Gasteiger partial charge on any atom is -0.331 e. The van der Waals surface area contributed by atoms with Crippen molar-refractivity contribution >= 4 is 17.4 Å². The number of thiophene rings is 1. The fourth-order valence-electron chi connectivity index (χ4n) is 3.09. The average Bonchev–Trinajstić information content (AvgIpc) is 3.13. The van der Waals surface area contributed by atoms with Gasteiger partial charge in [-0.3, -0.25) is 4.68 Å². The highest BCUT2D eigenvalue weighted by molar-refractivity contribution is 7.07. The Morgan fingerprint density at radius 1 is 1.52 bits per heavy atom. The molecule has 0 unspecified atom stereocenters. The number of carbonyl (C=O) groups is 1. The molecule has 0 aliphatic heterocycles. The van der Waals surface area contributed by atoms with Crippen LogP contribution in [0.2, 0.25) is 0 Å². The smallest absolute Gasteiger partial charge is 0.318 e. The number of urea groups is 1. The van der Waals surface area contributed by atoms with E-state index in [9.17, 15) is 4.79 Å². The van der Waals surface area contributed by atoms with E-state index in [1.807, 2.05) is 37.4 Å². The Balaban J connectivity index is 1.71. The van der Waals surface area contributed by atoms with Crippen molar-refractivity contribution in [3.05, 3.63) is 39.3 Å². The summed E-state index contributed by atoms with van der Waals surface area (Å²) >= 11 is 1.67. The molecule has 1 atom stereocenters. The SMILES string of the molecule is Cc1nn(C)c(C)c1[C@H](C)NC(=O)N(Cc1ccsc1)C1CC1. The molecule has 1 aliphatic rings. The van der Waals surface area contributed by atoms with Crippen LogP contribution in [0.25, 0.3) is 0 Å². The maximum absolute atomic E-state index is 12.8.